The number of morpholine rings is 1. The molecule has 18 heavy (non-hydrogen) atoms. The Morgan fingerprint density at radius 1 is 1.39 bits per heavy atom. The molecule has 1 atom stereocenters. The van der Waals surface area contributed by atoms with E-state index in [1.807, 2.05) is 0 Å². The predicted octanol–water partition coefficient (Wildman–Crippen LogP) is 2.45. The molecule has 2 rings (SSSR count). The van der Waals surface area contributed by atoms with Crippen LogP contribution in [0, 0.1) is 5.92 Å². The minimum Gasteiger partial charge on any atom is -0.379 e. The predicted molar refractivity (Wildman–Crippen MR) is 75.2 cm³/mol. The standard InChI is InChI=1S/C14H23NO2.ClH/c1-3-11(2)13-5-4-12(14(13)16)10-15-6-8-17-9-7-15;/h12H,3-10H2,1-2H3;1H/b13-11+;. The van der Waals surface area contributed by atoms with Gasteiger partial charge in [-0.15, -0.1) is 12.4 Å². The molecule has 104 valence electrons. The Morgan fingerprint density at radius 3 is 2.67 bits per heavy atom. The number of carbonyl (C=O) groups is 1. The van der Waals surface area contributed by atoms with Gasteiger partial charge in [0.1, 0.15) is 0 Å². The monoisotopic (exact) mass is 273 g/mol. The van der Waals surface area contributed by atoms with Gasteiger partial charge in [0.25, 0.3) is 0 Å². The normalized spacial score (nSPS) is 28.1. The summed E-state index contributed by atoms with van der Waals surface area (Å²) in [6, 6.07) is 0. The third-order valence-electron chi connectivity index (χ3n) is 4.04. The summed E-state index contributed by atoms with van der Waals surface area (Å²) in [7, 11) is 0. The van der Waals surface area contributed by atoms with Crippen LogP contribution in [-0.4, -0.2) is 43.5 Å². The van der Waals surface area contributed by atoms with Crippen molar-refractivity contribution >= 4 is 18.2 Å². The molecular weight excluding hydrogens is 250 g/mol. The second-order valence-electron chi connectivity index (χ2n) is 5.13. The number of carbonyl (C=O) groups excluding carboxylic acids is 1. The lowest BCUT2D eigenvalue weighted by Gasteiger charge is -2.28. The second-order valence-corrected chi connectivity index (χ2v) is 5.13. The number of hydrogen-bond acceptors (Lipinski definition) is 3. The van der Waals surface area contributed by atoms with Crippen LogP contribution in [0.2, 0.25) is 0 Å². The van der Waals surface area contributed by atoms with E-state index in [2.05, 4.69) is 18.7 Å². The van der Waals surface area contributed by atoms with Gasteiger partial charge in [0.05, 0.1) is 13.2 Å². The molecule has 1 saturated heterocycles. The molecule has 1 unspecified atom stereocenters. The minimum atomic E-state index is 0. The Balaban J connectivity index is 0.00000162. The fraction of sp³-hybridized carbons (Fsp3) is 0.786. The Kier molecular flexibility index (Phi) is 6.33. The molecule has 0 aromatic rings. The molecule has 0 N–H and O–H groups in total. The molecule has 0 bridgehead atoms. The third kappa shape index (κ3) is 3.56. The van der Waals surface area contributed by atoms with E-state index in [0.717, 1.165) is 57.7 Å². The number of Topliss-reactive ketones (excluding diaryl/α,β-unsaturated/α-hetero) is 1. The van der Waals surface area contributed by atoms with Crippen molar-refractivity contribution in [3.8, 4) is 0 Å². The number of nitrogens with zero attached hydrogens (tertiary/aromatic N) is 1. The van der Waals surface area contributed by atoms with Crippen molar-refractivity contribution in [3.05, 3.63) is 11.1 Å². The first kappa shape index (κ1) is 15.7. The first-order valence-electron chi connectivity index (χ1n) is 6.75. The molecular formula is C14H24ClNO2. The quantitative estimate of drug-likeness (QED) is 0.740. The molecule has 1 heterocycles. The van der Waals surface area contributed by atoms with Crippen molar-refractivity contribution in [3.63, 3.8) is 0 Å². The van der Waals surface area contributed by atoms with E-state index >= 15 is 0 Å². The lowest BCUT2D eigenvalue weighted by molar-refractivity contribution is -0.118. The minimum absolute atomic E-state index is 0. The molecule has 1 saturated carbocycles. The van der Waals surface area contributed by atoms with Crippen LogP contribution < -0.4 is 0 Å². The molecule has 0 aromatic carbocycles. The van der Waals surface area contributed by atoms with Gasteiger partial charge in [-0.3, -0.25) is 9.69 Å². The van der Waals surface area contributed by atoms with E-state index in [4.69, 9.17) is 4.74 Å². The van der Waals surface area contributed by atoms with Gasteiger partial charge in [0.15, 0.2) is 5.78 Å². The first-order chi connectivity index (χ1) is 8.22. The summed E-state index contributed by atoms with van der Waals surface area (Å²) in [6.45, 7) is 8.76. The van der Waals surface area contributed by atoms with Crippen LogP contribution in [0.15, 0.2) is 11.1 Å². The molecule has 0 amide bonds. The van der Waals surface area contributed by atoms with Crippen molar-refractivity contribution < 1.29 is 9.53 Å². The number of ether oxygens (including phenoxy) is 1. The van der Waals surface area contributed by atoms with Crippen LogP contribution in [-0.2, 0) is 9.53 Å². The molecule has 4 heteroatoms. The van der Waals surface area contributed by atoms with E-state index in [9.17, 15) is 4.79 Å². The summed E-state index contributed by atoms with van der Waals surface area (Å²) in [5, 5.41) is 0. The molecule has 2 aliphatic rings. The fourth-order valence-corrected chi connectivity index (χ4v) is 2.73. The lowest BCUT2D eigenvalue weighted by atomic mass is 10.0. The van der Waals surface area contributed by atoms with Crippen molar-refractivity contribution in [2.24, 2.45) is 5.92 Å². The third-order valence-corrected chi connectivity index (χ3v) is 4.04. The van der Waals surface area contributed by atoms with E-state index < -0.39 is 0 Å². The number of ketones is 1. The summed E-state index contributed by atoms with van der Waals surface area (Å²) in [6.07, 6.45) is 3.04. The van der Waals surface area contributed by atoms with Gasteiger partial charge in [-0.05, 0) is 31.8 Å². The zero-order valence-corrected chi connectivity index (χ0v) is 12.2. The smallest absolute Gasteiger partial charge is 0.163 e. The maximum absolute atomic E-state index is 12.3. The van der Waals surface area contributed by atoms with Gasteiger partial charge in [-0.1, -0.05) is 12.5 Å². The van der Waals surface area contributed by atoms with Crippen LogP contribution >= 0.6 is 12.4 Å². The summed E-state index contributed by atoms with van der Waals surface area (Å²) in [4.78, 5) is 14.6. The van der Waals surface area contributed by atoms with Gasteiger partial charge < -0.3 is 4.74 Å². The van der Waals surface area contributed by atoms with Crippen molar-refractivity contribution in [1.29, 1.82) is 0 Å². The first-order valence-corrected chi connectivity index (χ1v) is 6.75. The highest BCUT2D eigenvalue weighted by Gasteiger charge is 2.31. The van der Waals surface area contributed by atoms with E-state index in [1.54, 1.807) is 0 Å². The molecule has 3 nitrogen and oxygen atoms in total. The molecule has 2 fully saturated rings. The molecule has 1 aliphatic carbocycles. The molecule has 0 radical (unpaired) electrons. The SMILES string of the molecule is CC/C(C)=C1\CCC(CN2CCOCC2)C1=O.Cl. The average molecular weight is 274 g/mol. The van der Waals surface area contributed by atoms with Crippen molar-refractivity contribution in [2.45, 2.75) is 33.1 Å². The van der Waals surface area contributed by atoms with Crippen LogP contribution in [0.25, 0.3) is 0 Å². The van der Waals surface area contributed by atoms with Crippen molar-refractivity contribution in [1.82, 2.24) is 4.90 Å². The van der Waals surface area contributed by atoms with Crippen molar-refractivity contribution in [2.75, 3.05) is 32.8 Å². The highest BCUT2D eigenvalue weighted by Crippen LogP contribution is 2.30. The number of rotatable bonds is 3. The zero-order chi connectivity index (χ0) is 12.3. The van der Waals surface area contributed by atoms with Gasteiger partial charge in [-0.2, -0.15) is 0 Å². The summed E-state index contributed by atoms with van der Waals surface area (Å²) >= 11 is 0. The van der Waals surface area contributed by atoms with E-state index in [-0.39, 0.29) is 18.3 Å². The Labute approximate surface area is 116 Å². The zero-order valence-electron chi connectivity index (χ0n) is 11.4. The Bertz CT molecular complexity index is 322. The van der Waals surface area contributed by atoms with Crippen LogP contribution in [0.4, 0.5) is 0 Å². The highest BCUT2D eigenvalue weighted by atomic mass is 35.5. The highest BCUT2D eigenvalue weighted by molar-refractivity contribution is 6.00. The van der Waals surface area contributed by atoms with E-state index in [0.29, 0.717) is 5.78 Å². The van der Waals surface area contributed by atoms with Gasteiger partial charge in [0.2, 0.25) is 0 Å². The van der Waals surface area contributed by atoms with Gasteiger partial charge in [-0.25, -0.2) is 0 Å². The average Bonchev–Trinajstić information content (AvgIpc) is 2.72. The lowest BCUT2D eigenvalue weighted by Crippen LogP contribution is -2.40. The number of halogens is 1. The number of allylic oxidation sites excluding steroid dienone is 2. The van der Waals surface area contributed by atoms with E-state index in [1.165, 1.54) is 5.57 Å². The fourth-order valence-electron chi connectivity index (χ4n) is 2.73. The maximum atomic E-state index is 12.3. The molecule has 0 aromatic heterocycles. The Morgan fingerprint density at radius 2 is 2.06 bits per heavy atom. The topological polar surface area (TPSA) is 29.5 Å². The molecule has 1 aliphatic heterocycles. The van der Waals surface area contributed by atoms with Crippen LogP contribution in [0.1, 0.15) is 33.1 Å². The van der Waals surface area contributed by atoms with Crippen LogP contribution in [0.3, 0.4) is 0 Å². The maximum Gasteiger partial charge on any atom is 0.163 e. The van der Waals surface area contributed by atoms with Gasteiger partial charge in [0, 0.05) is 25.6 Å². The van der Waals surface area contributed by atoms with Gasteiger partial charge >= 0.3 is 0 Å². The van der Waals surface area contributed by atoms with Crippen LogP contribution in [0.5, 0.6) is 0 Å². The summed E-state index contributed by atoms with van der Waals surface area (Å²) < 4.78 is 5.33. The second kappa shape index (κ2) is 7.27. The summed E-state index contributed by atoms with van der Waals surface area (Å²) in [5.41, 5.74) is 2.41. The summed E-state index contributed by atoms with van der Waals surface area (Å²) in [5.74, 6) is 0.653. The number of hydrogen-bond donors (Lipinski definition) is 0. The Hall–Kier alpha value is -0.380. The largest absolute Gasteiger partial charge is 0.379 e. The molecule has 0 spiro atoms.